The van der Waals surface area contributed by atoms with E-state index in [9.17, 15) is 4.79 Å². The van der Waals surface area contributed by atoms with E-state index < -0.39 is 0 Å². The van der Waals surface area contributed by atoms with Gasteiger partial charge < -0.3 is 14.5 Å². The number of aromatic nitrogens is 4. The summed E-state index contributed by atoms with van der Waals surface area (Å²) in [5, 5.41) is 5.26. The molecule has 0 aliphatic carbocycles. The molecule has 1 amide bonds. The predicted octanol–water partition coefficient (Wildman–Crippen LogP) is 4.07. The summed E-state index contributed by atoms with van der Waals surface area (Å²) in [6, 6.07) is 12.7. The van der Waals surface area contributed by atoms with Crippen molar-refractivity contribution in [2.75, 3.05) is 38.2 Å². The summed E-state index contributed by atoms with van der Waals surface area (Å²) in [4.78, 5) is 25.7. The lowest BCUT2D eigenvalue weighted by Crippen LogP contribution is -2.49. The number of hydrogen-bond acceptors (Lipinski definition) is 6. The smallest absolute Gasteiger partial charge is 0.255 e. The van der Waals surface area contributed by atoms with Gasteiger partial charge in [0.25, 0.3) is 11.7 Å². The molecule has 3 heterocycles. The Morgan fingerprint density at radius 1 is 1.00 bits per heavy atom. The van der Waals surface area contributed by atoms with Crippen molar-refractivity contribution in [2.24, 2.45) is 0 Å². The zero-order valence-electron chi connectivity index (χ0n) is 17.8. The van der Waals surface area contributed by atoms with Crippen LogP contribution in [0.15, 0.2) is 55.0 Å². The van der Waals surface area contributed by atoms with Gasteiger partial charge in [-0.05, 0) is 35.9 Å². The van der Waals surface area contributed by atoms with Gasteiger partial charge in [-0.3, -0.25) is 4.79 Å². The lowest BCUT2D eigenvalue weighted by Gasteiger charge is -2.36. The number of carbonyl (C=O) groups is 1. The number of benzene rings is 2. The van der Waals surface area contributed by atoms with Gasteiger partial charge >= 0.3 is 0 Å². The highest BCUT2D eigenvalue weighted by Crippen LogP contribution is 2.32. The van der Waals surface area contributed by atoms with Crippen molar-refractivity contribution >= 4 is 40.7 Å². The minimum absolute atomic E-state index is 0.104. The Hall–Kier alpha value is -3.36. The van der Waals surface area contributed by atoms with Crippen LogP contribution in [0, 0.1) is 0 Å². The number of hydrogen-bond donors (Lipinski definition) is 0. The number of rotatable bonds is 4. The van der Waals surface area contributed by atoms with Gasteiger partial charge in [0.05, 0.1) is 17.7 Å². The molecule has 0 unspecified atom stereocenters. The van der Waals surface area contributed by atoms with Gasteiger partial charge in [0.15, 0.2) is 0 Å². The summed E-state index contributed by atoms with van der Waals surface area (Å²) in [5.41, 5.74) is 2.37. The first-order valence-electron chi connectivity index (χ1n) is 10.4. The number of fused-ring (bicyclic) bond motifs is 1. The van der Waals surface area contributed by atoms with Gasteiger partial charge in [-0.25, -0.2) is 4.98 Å². The van der Waals surface area contributed by atoms with Crippen molar-refractivity contribution in [1.82, 2.24) is 24.5 Å². The Morgan fingerprint density at radius 2 is 1.76 bits per heavy atom. The number of nitrogens with zero attached hydrogens (tertiary/aromatic N) is 6. The fourth-order valence-corrected chi connectivity index (χ4v) is 4.49. The first-order valence-corrected chi connectivity index (χ1v) is 11.1. The predicted molar refractivity (Wildman–Crippen MR) is 127 cm³/mol. The quantitative estimate of drug-likeness (QED) is 0.436. The van der Waals surface area contributed by atoms with Gasteiger partial charge in [-0.2, -0.15) is 14.6 Å². The highest BCUT2D eigenvalue weighted by Gasteiger charge is 2.27. The number of halogens is 2. The molecule has 0 bridgehead atoms. The van der Waals surface area contributed by atoms with Crippen LogP contribution in [0.2, 0.25) is 10.0 Å². The lowest BCUT2D eigenvalue weighted by atomic mass is 10.1. The average Bonchev–Trinajstić information content (AvgIpc) is 3.32. The standard InChI is InChI=1S/C23H20Cl2N6O2/c1-33-17-5-2-15(3-6-17)19-13-26-23-27-14-28-31(23)21(19)29-8-10-30(11-9-29)22(32)18-7-4-16(24)12-20(18)25/h2-7,12-14H,8-11H2,1H3. The summed E-state index contributed by atoms with van der Waals surface area (Å²) in [7, 11) is 1.64. The maximum atomic E-state index is 13.0. The molecule has 1 aliphatic rings. The van der Waals surface area contributed by atoms with E-state index in [1.807, 2.05) is 30.5 Å². The van der Waals surface area contributed by atoms with E-state index in [-0.39, 0.29) is 5.91 Å². The van der Waals surface area contributed by atoms with Gasteiger partial charge in [-0.15, -0.1) is 0 Å². The largest absolute Gasteiger partial charge is 0.497 e. The summed E-state index contributed by atoms with van der Waals surface area (Å²) in [6.07, 6.45) is 3.30. The van der Waals surface area contributed by atoms with E-state index in [0.29, 0.717) is 47.6 Å². The third kappa shape index (κ3) is 4.07. The number of ether oxygens (including phenoxy) is 1. The number of amides is 1. The summed E-state index contributed by atoms with van der Waals surface area (Å²) >= 11 is 12.2. The van der Waals surface area contributed by atoms with Crippen LogP contribution in [0.4, 0.5) is 5.82 Å². The molecular weight excluding hydrogens is 463 g/mol. The molecule has 0 spiro atoms. The minimum atomic E-state index is -0.104. The lowest BCUT2D eigenvalue weighted by molar-refractivity contribution is 0.0746. The summed E-state index contributed by atoms with van der Waals surface area (Å²) < 4.78 is 7.03. The average molecular weight is 483 g/mol. The molecule has 0 atom stereocenters. The van der Waals surface area contributed by atoms with E-state index in [1.54, 1.807) is 34.7 Å². The second kappa shape index (κ2) is 8.88. The number of carbonyl (C=O) groups excluding carboxylic acids is 1. The molecule has 0 N–H and O–H groups in total. The van der Waals surface area contributed by atoms with Crippen LogP contribution in [0.25, 0.3) is 16.9 Å². The third-order valence-corrected chi connectivity index (χ3v) is 6.26. The Bertz CT molecular complexity index is 1320. The summed E-state index contributed by atoms with van der Waals surface area (Å²) in [5.74, 6) is 2.09. The topological polar surface area (TPSA) is 75.9 Å². The van der Waals surface area contributed by atoms with E-state index in [1.165, 1.54) is 6.33 Å². The van der Waals surface area contributed by atoms with E-state index in [0.717, 1.165) is 22.7 Å². The summed E-state index contributed by atoms with van der Waals surface area (Å²) in [6.45, 7) is 2.33. The zero-order valence-corrected chi connectivity index (χ0v) is 19.3. The van der Waals surface area contributed by atoms with Gasteiger partial charge in [0.2, 0.25) is 0 Å². The first kappa shape index (κ1) is 21.5. The second-order valence-corrected chi connectivity index (χ2v) is 8.44. The molecule has 1 fully saturated rings. The van der Waals surface area contributed by atoms with Crippen LogP contribution < -0.4 is 9.64 Å². The van der Waals surface area contributed by atoms with Crippen LogP contribution in [0.3, 0.4) is 0 Å². The Labute approximate surface area is 200 Å². The highest BCUT2D eigenvalue weighted by molar-refractivity contribution is 6.36. The van der Waals surface area contributed by atoms with Crippen molar-refractivity contribution in [3.8, 4) is 16.9 Å². The van der Waals surface area contributed by atoms with Gasteiger partial charge in [-0.1, -0.05) is 35.3 Å². The van der Waals surface area contributed by atoms with E-state index >= 15 is 0 Å². The number of methoxy groups -OCH3 is 1. The molecule has 2 aromatic heterocycles. The highest BCUT2D eigenvalue weighted by atomic mass is 35.5. The first-order chi connectivity index (χ1) is 16.0. The molecule has 1 saturated heterocycles. The molecule has 33 heavy (non-hydrogen) atoms. The van der Waals surface area contributed by atoms with Crippen molar-refractivity contribution in [3.63, 3.8) is 0 Å². The Balaban J connectivity index is 1.43. The maximum absolute atomic E-state index is 13.0. The molecule has 5 rings (SSSR count). The van der Waals surface area contributed by atoms with Crippen LogP contribution in [-0.2, 0) is 0 Å². The maximum Gasteiger partial charge on any atom is 0.255 e. The fourth-order valence-electron chi connectivity index (χ4n) is 4.00. The number of piperazine rings is 1. The molecule has 0 radical (unpaired) electrons. The van der Waals surface area contributed by atoms with E-state index in [2.05, 4.69) is 20.0 Å². The molecular formula is C23H20Cl2N6O2. The van der Waals surface area contributed by atoms with Crippen LogP contribution in [0.5, 0.6) is 5.75 Å². The fraction of sp³-hybridized carbons (Fsp3) is 0.217. The van der Waals surface area contributed by atoms with Crippen molar-refractivity contribution < 1.29 is 9.53 Å². The monoisotopic (exact) mass is 482 g/mol. The molecule has 0 saturated carbocycles. The van der Waals surface area contributed by atoms with Crippen LogP contribution in [-0.4, -0.2) is 63.7 Å². The molecule has 1 aliphatic heterocycles. The Morgan fingerprint density at radius 3 is 2.45 bits per heavy atom. The minimum Gasteiger partial charge on any atom is -0.497 e. The van der Waals surface area contributed by atoms with Crippen LogP contribution >= 0.6 is 23.2 Å². The molecule has 2 aromatic carbocycles. The van der Waals surface area contributed by atoms with Crippen molar-refractivity contribution in [3.05, 3.63) is 70.6 Å². The Kier molecular flexibility index (Phi) is 5.78. The van der Waals surface area contributed by atoms with Gasteiger partial charge in [0.1, 0.15) is 17.9 Å². The van der Waals surface area contributed by atoms with Crippen LogP contribution in [0.1, 0.15) is 10.4 Å². The van der Waals surface area contributed by atoms with Crippen molar-refractivity contribution in [1.29, 1.82) is 0 Å². The third-order valence-electron chi connectivity index (χ3n) is 5.71. The molecule has 10 heteroatoms. The SMILES string of the molecule is COc1ccc(-c2cnc3ncnn3c2N2CCN(C(=O)c3ccc(Cl)cc3Cl)CC2)cc1. The molecule has 168 valence electrons. The second-order valence-electron chi connectivity index (χ2n) is 7.60. The number of anilines is 1. The van der Waals surface area contributed by atoms with Crippen molar-refractivity contribution in [2.45, 2.75) is 0 Å². The van der Waals surface area contributed by atoms with E-state index in [4.69, 9.17) is 27.9 Å². The zero-order chi connectivity index (χ0) is 22.9. The normalized spacial score (nSPS) is 14.0. The van der Waals surface area contributed by atoms with Gasteiger partial charge in [0, 0.05) is 43.0 Å². The molecule has 8 nitrogen and oxygen atoms in total. The molecule has 4 aromatic rings.